The molecular weight excluding hydrogens is 366 g/mol. The van der Waals surface area contributed by atoms with Gasteiger partial charge in [0, 0.05) is 18.0 Å². The molecule has 136 valence electrons. The van der Waals surface area contributed by atoms with Gasteiger partial charge < -0.3 is 5.32 Å². The van der Waals surface area contributed by atoms with Crippen LogP contribution in [0.15, 0.2) is 33.8 Å². The van der Waals surface area contributed by atoms with Gasteiger partial charge in [-0.1, -0.05) is 26.8 Å². The van der Waals surface area contributed by atoms with Crippen molar-refractivity contribution in [1.82, 2.24) is 24.5 Å². The average Bonchev–Trinajstić information content (AvgIpc) is 3.31. The normalized spacial score (nSPS) is 13.7. The SMILES string of the molecule is Cn1c(=O)c2sccc2n2c(CNC(c3cccs3)C(C)(C)C)nnc12. The summed E-state index contributed by atoms with van der Waals surface area (Å²) >= 11 is 3.21. The number of thiophene rings is 2. The number of hydrogen-bond donors (Lipinski definition) is 1. The molecule has 0 saturated heterocycles. The van der Waals surface area contributed by atoms with Crippen molar-refractivity contribution in [3.8, 4) is 0 Å². The van der Waals surface area contributed by atoms with E-state index in [1.165, 1.54) is 16.2 Å². The molecule has 0 saturated carbocycles. The fourth-order valence-electron chi connectivity index (χ4n) is 3.25. The van der Waals surface area contributed by atoms with E-state index >= 15 is 0 Å². The Morgan fingerprint density at radius 3 is 2.69 bits per heavy atom. The smallest absolute Gasteiger partial charge is 0.272 e. The van der Waals surface area contributed by atoms with E-state index in [4.69, 9.17) is 0 Å². The van der Waals surface area contributed by atoms with E-state index in [9.17, 15) is 4.79 Å². The summed E-state index contributed by atoms with van der Waals surface area (Å²) in [6.45, 7) is 7.26. The van der Waals surface area contributed by atoms with Crippen molar-refractivity contribution in [2.24, 2.45) is 12.5 Å². The van der Waals surface area contributed by atoms with Crippen LogP contribution < -0.4 is 10.9 Å². The first-order valence-electron chi connectivity index (χ1n) is 8.45. The molecular formula is C18H21N5OS2. The number of fused-ring (bicyclic) bond motifs is 3. The second kappa shape index (κ2) is 6.29. The quantitative estimate of drug-likeness (QED) is 0.581. The molecule has 1 N–H and O–H groups in total. The second-order valence-corrected chi connectivity index (χ2v) is 9.34. The van der Waals surface area contributed by atoms with Crippen molar-refractivity contribution < 1.29 is 0 Å². The fraction of sp³-hybridized carbons (Fsp3) is 0.389. The minimum atomic E-state index is -0.0273. The Balaban J connectivity index is 1.75. The van der Waals surface area contributed by atoms with E-state index in [0.717, 1.165) is 16.0 Å². The Labute approximate surface area is 159 Å². The van der Waals surface area contributed by atoms with Gasteiger partial charge in [0.15, 0.2) is 5.82 Å². The molecule has 0 spiro atoms. The van der Waals surface area contributed by atoms with Crippen molar-refractivity contribution in [1.29, 1.82) is 0 Å². The van der Waals surface area contributed by atoms with Crippen molar-refractivity contribution in [2.75, 3.05) is 0 Å². The lowest BCUT2D eigenvalue weighted by molar-refractivity contribution is 0.273. The van der Waals surface area contributed by atoms with E-state index in [1.807, 2.05) is 15.8 Å². The second-order valence-electron chi connectivity index (χ2n) is 7.45. The first kappa shape index (κ1) is 17.4. The van der Waals surface area contributed by atoms with Crippen LogP contribution in [-0.2, 0) is 13.6 Å². The zero-order valence-corrected chi connectivity index (χ0v) is 16.8. The van der Waals surface area contributed by atoms with Gasteiger partial charge in [0.25, 0.3) is 5.56 Å². The van der Waals surface area contributed by atoms with Crippen LogP contribution in [0, 0.1) is 5.41 Å². The maximum absolute atomic E-state index is 12.4. The molecule has 8 heteroatoms. The van der Waals surface area contributed by atoms with Crippen molar-refractivity contribution in [3.05, 3.63) is 50.0 Å². The summed E-state index contributed by atoms with van der Waals surface area (Å²) in [5, 5.41) is 16.3. The maximum atomic E-state index is 12.4. The third kappa shape index (κ3) is 2.78. The summed E-state index contributed by atoms with van der Waals surface area (Å²) in [5.74, 6) is 1.38. The number of hydrogen-bond acceptors (Lipinski definition) is 6. The fourth-order valence-corrected chi connectivity index (χ4v) is 5.14. The standard InChI is InChI=1S/C18H21N5OS2/c1-18(2,3)15(12-6-5-8-25-12)19-10-13-20-21-17-22(4)16(24)14-11(23(13)17)7-9-26-14/h5-9,15,19H,10H2,1-4H3. The molecule has 0 aliphatic heterocycles. The maximum Gasteiger partial charge on any atom is 0.272 e. The molecule has 6 nitrogen and oxygen atoms in total. The largest absolute Gasteiger partial charge is 0.302 e. The highest BCUT2D eigenvalue weighted by Gasteiger charge is 2.27. The zero-order valence-electron chi connectivity index (χ0n) is 15.2. The molecule has 0 aromatic carbocycles. The third-order valence-electron chi connectivity index (χ3n) is 4.56. The number of rotatable bonds is 4. The average molecular weight is 388 g/mol. The Bertz CT molecular complexity index is 1110. The third-order valence-corrected chi connectivity index (χ3v) is 6.38. The van der Waals surface area contributed by atoms with Gasteiger partial charge >= 0.3 is 0 Å². The van der Waals surface area contributed by atoms with Crippen LogP contribution in [0.25, 0.3) is 16.0 Å². The molecule has 1 atom stereocenters. The topological polar surface area (TPSA) is 64.2 Å². The zero-order chi connectivity index (χ0) is 18.5. The number of aryl methyl sites for hydroxylation is 1. The van der Waals surface area contributed by atoms with Gasteiger partial charge in [-0.3, -0.25) is 13.8 Å². The first-order chi connectivity index (χ1) is 12.4. The van der Waals surface area contributed by atoms with Crippen LogP contribution in [0.1, 0.15) is 37.5 Å². The summed E-state index contributed by atoms with van der Waals surface area (Å²) in [5.41, 5.74) is 0.912. The molecule has 4 aromatic heterocycles. The van der Waals surface area contributed by atoms with Crippen LogP contribution in [0.2, 0.25) is 0 Å². The molecule has 0 radical (unpaired) electrons. The van der Waals surface area contributed by atoms with Gasteiger partial charge in [0.1, 0.15) is 4.70 Å². The van der Waals surface area contributed by atoms with Gasteiger partial charge in [-0.25, -0.2) is 0 Å². The Morgan fingerprint density at radius 1 is 1.19 bits per heavy atom. The summed E-state index contributed by atoms with van der Waals surface area (Å²) in [4.78, 5) is 13.7. The van der Waals surface area contributed by atoms with E-state index in [1.54, 1.807) is 23.0 Å². The lowest BCUT2D eigenvalue weighted by atomic mass is 9.86. The summed E-state index contributed by atoms with van der Waals surface area (Å²) in [6, 6.07) is 6.41. The van der Waals surface area contributed by atoms with Crippen LogP contribution >= 0.6 is 22.7 Å². The number of aromatic nitrogens is 4. The van der Waals surface area contributed by atoms with Crippen molar-refractivity contribution in [2.45, 2.75) is 33.4 Å². The predicted molar refractivity (Wildman–Crippen MR) is 107 cm³/mol. The highest BCUT2D eigenvalue weighted by Crippen LogP contribution is 2.35. The lowest BCUT2D eigenvalue weighted by Gasteiger charge is -2.30. The molecule has 4 heterocycles. The predicted octanol–water partition coefficient (Wildman–Crippen LogP) is 3.58. The van der Waals surface area contributed by atoms with Gasteiger partial charge in [-0.2, -0.15) is 0 Å². The summed E-state index contributed by atoms with van der Waals surface area (Å²) in [7, 11) is 1.74. The minimum absolute atomic E-state index is 0.0273. The molecule has 0 aliphatic carbocycles. The van der Waals surface area contributed by atoms with Crippen molar-refractivity contribution >= 4 is 38.7 Å². The Hall–Kier alpha value is -2.03. The van der Waals surface area contributed by atoms with Crippen LogP contribution in [0.3, 0.4) is 0 Å². The number of nitrogens with zero attached hydrogens (tertiary/aromatic N) is 4. The van der Waals surface area contributed by atoms with Crippen LogP contribution in [0.4, 0.5) is 0 Å². The Morgan fingerprint density at radius 2 is 2.00 bits per heavy atom. The van der Waals surface area contributed by atoms with E-state index in [-0.39, 0.29) is 17.0 Å². The van der Waals surface area contributed by atoms with Gasteiger partial charge in [0.05, 0.1) is 12.1 Å². The summed E-state index contributed by atoms with van der Waals surface area (Å²) < 4.78 is 4.27. The number of nitrogens with one attached hydrogen (secondary N) is 1. The first-order valence-corrected chi connectivity index (χ1v) is 10.2. The van der Waals surface area contributed by atoms with E-state index < -0.39 is 0 Å². The molecule has 4 aromatic rings. The minimum Gasteiger partial charge on any atom is -0.302 e. The molecule has 4 rings (SSSR count). The molecule has 26 heavy (non-hydrogen) atoms. The molecule has 0 bridgehead atoms. The van der Waals surface area contributed by atoms with E-state index in [0.29, 0.717) is 12.3 Å². The molecule has 0 amide bonds. The van der Waals surface area contributed by atoms with E-state index in [2.05, 4.69) is 53.8 Å². The molecule has 0 aliphatic rings. The van der Waals surface area contributed by atoms with Crippen molar-refractivity contribution in [3.63, 3.8) is 0 Å². The van der Waals surface area contributed by atoms with Crippen LogP contribution in [-0.4, -0.2) is 19.2 Å². The monoisotopic (exact) mass is 387 g/mol. The summed E-state index contributed by atoms with van der Waals surface area (Å²) in [6.07, 6.45) is 0. The van der Waals surface area contributed by atoms with Gasteiger partial charge in [0.2, 0.25) is 5.78 Å². The van der Waals surface area contributed by atoms with Gasteiger partial charge in [-0.05, 0) is 28.3 Å². The van der Waals surface area contributed by atoms with Crippen LogP contribution in [0.5, 0.6) is 0 Å². The molecule has 0 fully saturated rings. The highest BCUT2D eigenvalue weighted by molar-refractivity contribution is 7.17. The lowest BCUT2D eigenvalue weighted by Crippen LogP contribution is -2.32. The Kier molecular flexibility index (Phi) is 4.21. The van der Waals surface area contributed by atoms with Gasteiger partial charge in [-0.15, -0.1) is 32.9 Å². The molecule has 1 unspecified atom stereocenters. The highest BCUT2D eigenvalue weighted by atomic mass is 32.1.